The van der Waals surface area contributed by atoms with Crippen LogP contribution in [0.25, 0.3) is 0 Å². The third-order valence-electron chi connectivity index (χ3n) is 5.07. The minimum atomic E-state index is -5.46. The van der Waals surface area contributed by atoms with Gasteiger partial charge < -0.3 is 24.4 Å². The summed E-state index contributed by atoms with van der Waals surface area (Å²) in [4.78, 5) is 23.3. The second-order valence-electron chi connectivity index (χ2n) is 7.70. The van der Waals surface area contributed by atoms with Crippen molar-refractivity contribution in [1.29, 1.82) is 0 Å². The number of aliphatic carboxylic acids is 2. The molecule has 0 bridgehead atoms. The Morgan fingerprint density at radius 2 is 1.27 bits per heavy atom. The fourth-order valence-corrected chi connectivity index (χ4v) is 4.54. The van der Waals surface area contributed by atoms with Crippen LogP contribution in [0.15, 0.2) is 0 Å². The third kappa shape index (κ3) is 13.5. The molecule has 0 aliphatic heterocycles. The molecule has 0 saturated carbocycles. The van der Waals surface area contributed by atoms with Crippen molar-refractivity contribution in [3.05, 3.63) is 0 Å². The van der Waals surface area contributed by atoms with E-state index in [0.717, 1.165) is 38.5 Å². The number of carboxylic acid groups (broad SMARTS) is 2. The van der Waals surface area contributed by atoms with Gasteiger partial charge in [0.15, 0.2) is 0 Å². The van der Waals surface area contributed by atoms with Gasteiger partial charge in [0.05, 0.1) is 5.97 Å². The molecule has 2 atom stereocenters. The van der Waals surface area contributed by atoms with E-state index in [2.05, 4.69) is 6.92 Å². The summed E-state index contributed by atoms with van der Waals surface area (Å²) in [6.07, 6.45) is 6.22. The Bertz CT molecular complexity index is 570. The van der Waals surface area contributed by atoms with Gasteiger partial charge in [-0.1, -0.05) is 78.6 Å². The van der Waals surface area contributed by atoms with Gasteiger partial charge in [0, 0.05) is 11.9 Å². The van der Waals surface area contributed by atoms with Crippen LogP contribution in [0.1, 0.15) is 91.4 Å². The first-order chi connectivity index (χ1) is 12.5. The topological polar surface area (TPSA) is 137 Å². The fourth-order valence-electron chi connectivity index (χ4n) is 3.38. The van der Waals surface area contributed by atoms with Crippen LogP contribution in [0, 0.1) is 11.8 Å². The average Bonchev–Trinajstić information content (AvgIpc) is 2.53. The van der Waals surface area contributed by atoms with Crippen LogP contribution >= 0.6 is 0 Å². The van der Waals surface area contributed by atoms with E-state index < -0.39 is 39.1 Å². The van der Waals surface area contributed by atoms with Gasteiger partial charge in [0.2, 0.25) is 0 Å². The summed E-state index contributed by atoms with van der Waals surface area (Å²) in [6.45, 7) is 5.68. The molecule has 0 fully saturated rings. The summed E-state index contributed by atoms with van der Waals surface area (Å²) in [5.41, 5.74) is 0. The smallest absolute Gasteiger partial charge is 0.747 e. The number of carboxylic acids is 2. The zero-order chi connectivity index (χ0) is 21.1. The SMILES string of the molecule is CCCCCCCCCCC(C(=O)[O-])(C(CCC(C)C)C(=O)[O-])S(=O)(=O)[O-].[Na+].[Na+].[Na+]. The van der Waals surface area contributed by atoms with Crippen LogP contribution in [0.2, 0.25) is 0 Å². The predicted molar refractivity (Wildman–Crippen MR) is 97.2 cm³/mol. The monoisotopic (exact) mass is 474 g/mol. The molecule has 0 rings (SSSR count). The molecule has 0 N–H and O–H groups in total. The van der Waals surface area contributed by atoms with Gasteiger partial charge in [0.25, 0.3) is 0 Å². The van der Waals surface area contributed by atoms with Gasteiger partial charge in [-0.3, -0.25) is 0 Å². The van der Waals surface area contributed by atoms with E-state index in [4.69, 9.17) is 0 Å². The quantitative estimate of drug-likeness (QED) is 0.123. The van der Waals surface area contributed by atoms with Gasteiger partial charge in [-0.25, -0.2) is 8.42 Å². The van der Waals surface area contributed by atoms with Crippen molar-refractivity contribution < 1.29 is 121 Å². The van der Waals surface area contributed by atoms with Crippen molar-refractivity contribution in [3.8, 4) is 0 Å². The van der Waals surface area contributed by atoms with E-state index in [0.29, 0.717) is 6.42 Å². The molecule has 30 heavy (non-hydrogen) atoms. The molecule has 7 nitrogen and oxygen atoms in total. The van der Waals surface area contributed by atoms with E-state index in [-0.39, 0.29) is 114 Å². The van der Waals surface area contributed by atoms with Crippen molar-refractivity contribution in [1.82, 2.24) is 0 Å². The Balaban J connectivity index is -0.00000113. The molecule has 0 radical (unpaired) electrons. The summed E-state index contributed by atoms with van der Waals surface area (Å²) >= 11 is 0. The van der Waals surface area contributed by atoms with Crippen LogP contribution in [0.5, 0.6) is 0 Å². The van der Waals surface area contributed by atoms with Gasteiger partial charge in [-0.05, 0) is 18.8 Å². The number of carbonyl (C=O) groups excluding carboxylic acids is 2. The largest absolute Gasteiger partial charge is 1.00 e. The molecule has 0 aliphatic rings. The van der Waals surface area contributed by atoms with Crippen LogP contribution in [0.4, 0.5) is 0 Å². The molecule has 11 heteroatoms. The maximum Gasteiger partial charge on any atom is 1.00 e. The molecule has 2 unspecified atom stereocenters. The van der Waals surface area contributed by atoms with Gasteiger partial charge in [-0.2, -0.15) is 0 Å². The molecule has 160 valence electrons. The zero-order valence-electron chi connectivity index (χ0n) is 19.7. The van der Waals surface area contributed by atoms with Gasteiger partial charge in [-0.15, -0.1) is 0 Å². The molecule has 0 heterocycles. The molecule has 0 amide bonds. The molecule has 0 aliphatic carbocycles. The summed E-state index contributed by atoms with van der Waals surface area (Å²) < 4.78 is 32.6. The second-order valence-corrected chi connectivity index (χ2v) is 9.34. The molecule has 0 aromatic carbocycles. The number of carbonyl (C=O) groups is 2. The first kappa shape index (κ1) is 39.1. The van der Waals surface area contributed by atoms with Crippen LogP contribution in [-0.2, 0) is 19.7 Å². The van der Waals surface area contributed by atoms with Gasteiger partial charge >= 0.3 is 88.7 Å². The Morgan fingerprint density at radius 3 is 1.60 bits per heavy atom. The maximum atomic E-state index is 11.9. The Hall–Kier alpha value is 1.85. The minimum Gasteiger partial charge on any atom is -0.747 e. The Kier molecular flexibility index (Phi) is 26.4. The normalized spacial score (nSPS) is 13.9. The summed E-state index contributed by atoms with van der Waals surface area (Å²) in [5, 5.41) is 23.3. The average molecular weight is 475 g/mol. The molecule has 0 aromatic rings. The summed E-state index contributed by atoms with van der Waals surface area (Å²) in [7, 11) is -5.46. The molecular formula is C19H33Na3O7S. The molecule has 0 spiro atoms. The Morgan fingerprint density at radius 1 is 0.833 bits per heavy atom. The first-order valence-corrected chi connectivity index (χ1v) is 11.3. The molecule has 0 aromatic heterocycles. The zero-order valence-corrected chi connectivity index (χ0v) is 26.5. The van der Waals surface area contributed by atoms with Crippen LogP contribution < -0.4 is 98.9 Å². The maximum absolute atomic E-state index is 11.9. The third-order valence-corrected chi connectivity index (χ3v) is 6.62. The number of hydrogen-bond acceptors (Lipinski definition) is 7. The van der Waals surface area contributed by atoms with E-state index in [1.807, 2.05) is 0 Å². The number of rotatable bonds is 16. The number of hydrogen-bond donors (Lipinski definition) is 0. The second kappa shape index (κ2) is 20.2. The van der Waals surface area contributed by atoms with E-state index in [1.54, 1.807) is 13.8 Å². The van der Waals surface area contributed by atoms with Crippen molar-refractivity contribution in [2.45, 2.75) is 96.1 Å². The summed E-state index contributed by atoms with van der Waals surface area (Å²) in [6, 6.07) is 0. The van der Waals surface area contributed by atoms with E-state index in [1.165, 1.54) is 0 Å². The van der Waals surface area contributed by atoms with Crippen molar-refractivity contribution >= 4 is 22.1 Å². The van der Waals surface area contributed by atoms with E-state index in [9.17, 15) is 32.8 Å². The van der Waals surface area contributed by atoms with Crippen LogP contribution in [0.3, 0.4) is 0 Å². The van der Waals surface area contributed by atoms with Crippen molar-refractivity contribution in [2.75, 3.05) is 0 Å². The molecule has 0 saturated heterocycles. The first-order valence-electron chi connectivity index (χ1n) is 9.88. The van der Waals surface area contributed by atoms with E-state index >= 15 is 0 Å². The molecular weight excluding hydrogens is 441 g/mol. The standard InChI is InChI=1S/C19H36O7S.3Na/c1-4-5-6-7-8-9-10-11-14-19(18(22)23,27(24,25)26)16(17(20)21)13-12-15(2)3;;;/h15-16H,4-14H2,1-3H3,(H,20,21)(H,22,23)(H,24,25,26);;;/q;3*+1/p-3. The summed E-state index contributed by atoms with van der Waals surface area (Å²) in [5.74, 6) is -5.88. The fraction of sp³-hybridized carbons (Fsp3) is 0.895. The predicted octanol–water partition coefficient (Wildman–Crippen LogP) is -7.63. The number of unbranched alkanes of at least 4 members (excludes halogenated alkanes) is 7. The van der Waals surface area contributed by atoms with Crippen molar-refractivity contribution in [3.63, 3.8) is 0 Å². The minimum absolute atomic E-state index is 0. The van der Waals surface area contributed by atoms with Gasteiger partial charge in [0.1, 0.15) is 14.9 Å². The van der Waals surface area contributed by atoms with Crippen LogP contribution in [-0.4, -0.2) is 29.7 Å². The van der Waals surface area contributed by atoms with Crippen molar-refractivity contribution in [2.24, 2.45) is 11.8 Å². The Labute approximate surface area is 248 Å².